The number of likely N-dealkylation sites (N-methyl/N-ethyl adjacent to an activating group) is 1. The zero-order chi connectivity index (χ0) is 18.0. The molecule has 1 N–H and O–H groups in total. The highest BCUT2D eigenvalue weighted by Crippen LogP contribution is 2.29. The summed E-state index contributed by atoms with van der Waals surface area (Å²) in [4.78, 5) is 18.5. The van der Waals surface area contributed by atoms with Crippen molar-refractivity contribution in [2.75, 3.05) is 7.05 Å². The Morgan fingerprint density at radius 2 is 2.28 bits per heavy atom. The van der Waals surface area contributed by atoms with Crippen LogP contribution in [0.15, 0.2) is 29.0 Å². The van der Waals surface area contributed by atoms with Crippen LogP contribution in [0.2, 0.25) is 0 Å². The smallest absolute Gasteiger partial charge is 0.259 e. The Morgan fingerprint density at radius 1 is 1.48 bits per heavy atom. The van der Waals surface area contributed by atoms with Crippen LogP contribution in [0.4, 0.5) is 0 Å². The fourth-order valence-electron chi connectivity index (χ4n) is 3.33. The van der Waals surface area contributed by atoms with Gasteiger partial charge in [-0.15, -0.1) is 0 Å². The minimum atomic E-state index is -0.764. The van der Waals surface area contributed by atoms with Gasteiger partial charge < -0.3 is 19.3 Å². The van der Waals surface area contributed by atoms with E-state index in [4.69, 9.17) is 9.26 Å². The minimum absolute atomic E-state index is 0.179. The molecule has 0 bridgehead atoms. The summed E-state index contributed by atoms with van der Waals surface area (Å²) in [5.41, 5.74) is 1.14. The van der Waals surface area contributed by atoms with Crippen molar-refractivity contribution in [1.82, 2.24) is 15.0 Å². The average Bonchev–Trinajstić information content (AvgIpc) is 3.17. The largest absolute Gasteiger partial charge is 0.486 e. The van der Waals surface area contributed by atoms with Gasteiger partial charge in [-0.3, -0.25) is 9.78 Å². The van der Waals surface area contributed by atoms with Crippen LogP contribution in [-0.2, 0) is 6.42 Å². The summed E-state index contributed by atoms with van der Waals surface area (Å²) < 4.78 is 11.0. The third-order valence-electron chi connectivity index (χ3n) is 4.74. The van der Waals surface area contributed by atoms with E-state index in [1.807, 2.05) is 6.92 Å². The number of rotatable bonds is 5. The number of carbonyl (C=O) groups is 1. The second-order valence-electron chi connectivity index (χ2n) is 6.31. The van der Waals surface area contributed by atoms with Gasteiger partial charge in [0.2, 0.25) is 0 Å². The van der Waals surface area contributed by atoms with Gasteiger partial charge in [0.15, 0.2) is 0 Å². The Bertz CT molecular complexity index is 731. The summed E-state index contributed by atoms with van der Waals surface area (Å²) in [5, 5.41) is 14.6. The monoisotopic (exact) mass is 345 g/mol. The lowest BCUT2D eigenvalue weighted by Crippen LogP contribution is -2.45. The number of pyridine rings is 1. The van der Waals surface area contributed by atoms with Crippen LogP contribution in [0.3, 0.4) is 0 Å². The SMILES string of the molecule is CCc1noc(C)c1C(=O)N(C)[C@@H]1CC[C@@H](Oc2cccnc2)[C@@H]1O. The zero-order valence-corrected chi connectivity index (χ0v) is 14.7. The van der Waals surface area contributed by atoms with E-state index in [0.717, 1.165) is 0 Å². The standard InChI is InChI=1S/C18H23N3O4/c1-4-13-16(11(2)25-20-13)18(23)21(3)14-7-8-15(17(14)22)24-12-6-5-9-19-10-12/h5-6,9-10,14-15,17,22H,4,7-8H2,1-3H3/t14-,15-,17-/m1/s1. The van der Waals surface area contributed by atoms with Crippen LogP contribution in [-0.4, -0.2) is 51.4 Å². The highest BCUT2D eigenvalue weighted by Gasteiger charge is 2.41. The van der Waals surface area contributed by atoms with Crippen molar-refractivity contribution in [3.8, 4) is 5.75 Å². The summed E-state index contributed by atoms with van der Waals surface area (Å²) in [6.07, 6.45) is 4.11. The Hall–Kier alpha value is -2.41. The van der Waals surface area contributed by atoms with E-state index in [0.29, 0.717) is 42.0 Å². The number of aryl methyl sites for hydroxylation is 2. The number of nitrogens with zero attached hydrogens (tertiary/aromatic N) is 3. The van der Waals surface area contributed by atoms with Crippen LogP contribution in [0.5, 0.6) is 5.75 Å². The molecular formula is C18H23N3O4. The van der Waals surface area contributed by atoms with E-state index in [1.165, 1.54) is 0 Å². The molecule has 0 aliphatic heterocycles. The molecule has 0 saturated heterocycles. The third kappa shape index (κ3) is 3.37. The van der Waals surface area contributed by atoms with Gasteiger partial charge in [-0.2, -0.15) is 0 Å². The fourth-order valence-corrected chi connectivity index (χ4v) is 3.33. The number of carbonyl (C=O) groups excluding carboxylic acids is 1. The van der Waals surface area contributed by atoms with E-state index >= 15 is 0 Å². The quantitative estimate of drug-likeness (QED) is 0.891. The van der Waals surface area contributed by atoms with Crippen LogP contribution in [0.1, 0.15) is 41.6 Å². The number of aromatic nitrogens is 2. The van der Waals surface area contributed by atoms with E-state index < -0.39 is 6.10 Å². The van der Waals surface area contributed by atoms with E-state index in [1.54, 1.807) is 43.4 Å². The molecule has 1 saturated carbocycles. The molecule has 1 amide bonds. The third-order valence-corrected chi connectivity index (χ3v) is 4.74. The maximum atomic E-state index is 12.9. The molecule has 2 heterocycles. The molecule has 25 heavy (non-hydrogen) atoms. The first-order valence-corrected chi connectivity index (χ1v) is 8.50. The lowest BCUT2D eigenvalue weighted by atomic mass is 10.1. The van der Waals surface area contributed by atoms with Gasteiger partial charge in [-0.05, 0) is 38.3 Å². The first kappa shape index (κ1) is 17.4. The van der Waals surface area contributed by atoms with Gasteiger partial charge in [0, 0.05) is 13.2 Å². The maximum Gasteiger partial charge on any atom is 0.259 e. The summed E-state index contributed by atoms with van der Waals surface area (Å²) in [7, 11) is 1.70. The number of hydrogen-bond donors (Lipinski definition) is 1. The molecule has 2 aromatic rings. The molecule has 0 radical (unpaired) electrons. The first-order valence-electron chi connectivity index (χ1n) is 8.50. The lowest BCUT2D eigenvalue weighted by molar-refractivity contribution is 0.0164. The highest BCUT2D eigenvalue weighted by atomic mass is 16.5. The predicted octanol–water partition coefficient (Wildman–Crippen LogP) is 1.98. The second kappa shape index (κ2) is 7.23. The number of aliphatic hydroxyl groups excluding tert-OH is 1. The van der Waals surface area contributed by atoms with E-state index in [9.17, 15) is 9.90 Å². The van der Waals surface area contributed by atoms with Crippen LogP contribution in [0.25, 0.3) is 0 Å². The summed E-state index contributed by atoms with van der Waals surface area (Å²) in [6, 6.07) is 3.27. The predicted molar refractivity (Wildman–Crippen MR) is 90.4 cm³/mol. The van der Waals surface area contributed by atoms with Crippen molar-refractivity contribution >= 4 is 5.91 Å². The zero-order valence-electron chi connectivity index (χ0n) is 14.7. The van der Waals surface area contributed by atoms with Crippen LogP contribution >= 0.6 is 0 Å². The molecule has 7 nitrogen and oxygen atoms in total. The molecule has 3 rings (SSSR count). The van der Waals surface area contributed by atoms with Crippen molar-refractivity contribution in [3.63, 3.8) is 0 Å². The molecule has 2 aromatic heterocycles. The van der Waals surface area contributed by atoms with Crippen LogP contribution in [0, 0.1) is 6.92 Å². The van der Waals surface area contributed by atoms with Crippen molar-refractivity contribution in [2.45, 2.75) is 51.4 Å². The van der Waals surface area contributed by atoms with Gasteiger partial charge in [-0.1, -0.05) is 12.1 Å². The van der Waals surface area contributed by atoms with Crippen LogP contribution < -0.4 is 4.74 Å². The lowest BCUT2D eigenvalue weighted by Gasteiger charge is -2.28. The Labute approximate surface area is 146 Å². The molecule has 1 aliphatic carbocycles. The number of aliphatic hydroxyl groups is 1. The fraction of sp³-hybridized carbons (Fsp3) is 0.500. The van der Waals surface area contributed by atoms with Gasteiger partial charge >= 0.3 is 0 Å². The Kier molecular flexibility index (Phi) is 5.03. The summed E-state index contributed by atoms with van der Waals surface area (Å²) in [5.74, 6) is 0.940. The molecule has 134 valence electrons. The molecule has 1 fully saturated rings. The van der Waals surface area contributed by atoms with E-state index in [2.05, 4.69) is 10.1 Å². The molecule has 0 aromatic carbocycles. The van der Waals surface area contributed by atoms with Gasteiger partial charge in [0.25, 0.3) is 5.91 Å². The van der Waals surface area contributed by atoms with Crippen molar-refractivity contribution in [1.29, 1.82) is 0 Å². The molecule has 0 unspecified atom stereocenters. The number of hydrogen-bond acceptors (Lipinski definition) is 6. The summed E-state index contributed by atoms with van der Waals surface area (Å²) in [6.45, 7) is 3.66. The van der Waals surface area contributed by atoms with E-state index in [-0.39, 0.29) is 18.1 Å². The van der Waals surface area contributed by atoms with Crippen molar-refractivity contribution in [2.24, 2.45) is 0 Å². The Balaban J connectivity index is 1.71. The molecule has 7 heteroatoms. The molecule has 3 atom stereocenters. The summed E-state index contributed by atoms with van der Waals surface area (Å²) >= 11 is 0. The molecule has 0 spiro atoms. The topological polar surface area (TPSA) is 88.7 Å². The normalized spacial score (nSPS) is 22.8. The highest BCUT2D eigenvalue weighted by molar-refractivity contribution is 5.96. The van der Waals surface area contributed by atoms with Gasteiger partial charge in [0.1, 0.15) is 29.3 Å². The van der Waals surface area contributed by atoms with Crippen molar-refractivity contribution < 1.29 is 19.2 Å². The Morgan fingerprint density at radius 3 is 2.96 bits per heavy atom. The number of amides is 1. The van der Waals surface area contributed by atoms with Gasteiger partial charge in [0.05, 0.1) is 17.9 Å². The average molecular weight is 345 g/mol. The van der Waals surface area contributed by atoms with Crippen molar-refractivity contribution in [3.05, 3.63) is 41.5 Å². The molecular weight excluding hydrogens is 322 g/mol. The molecule has 1 aliphatic rings. The second-order valence-corrected chi connectivity index (χ2v) is 6.31. The minimum Gasteiger partial charge on any atom is -0.486 e. The first-order chi connectivity index (χ1) is 12.0. The van der Waals surface area contributed by atoms with Gasteiger partial charge in [-0.25, -0.2) is 0 Å². The maximum absolute atomic E-state index is 12.9. The number of ether oxygens (including phenoxy) is 1.